The second-order valence-electron chi connectivity index (χ2n) is 7.38. The van der Waals surface area contributed by atoms with Gasteiger partial charge in [0.15, 0.2) is 5.69 Å². The number of alkyl halides is 3. The van der Waals surface area contributed by atoms with Crippen LogP contribution in [0, 0.1) is 6.92 Å². The number of rotatable bonds is 5. The fourth-order valence-corrected chi connectivity index (χ4v) is 3.10. The van der Waals surface area contributed by atoms with E-state index in [4.69, 9.17) is 4.42 Å². The van der Waals surface area contributed by atoms with Gasteiger partial charge in [-0.3, -0.25) is 14.8 Å². The van der Waals surface area contributed by atoms with E-state index in [1.54, 1.807) is 25.3 Å². The van der Waals surface area contributed by atoms with Crippen molar-refractivity contribution in [2.24, 2.45) is 0 Å². The number of carbonyl (C=O) groups excluding carboxylic acids is 1. The number of aryl methyl sites for hydroxylation is 1. The molecule has 0 fully saturated rings. The average Bonchev–Trinajstić information content (AvgIpc) is 3.34. The second kappa shape index (κ2) is 8.81. The molecule has 3 aromatic heterocycles. The van der Waals surface area contributed by atoms with Gasteiger partial charge in [0.25, 0.3) is 5.91 Å². The second-order valence-corrected chi connectivity index (χ2v) is 7.38. The van der Waals surface area contributed by atoms with Gasteiger partial charge in [-0.25, -0.2) is 9.97 Å². The number of benzene rings is 1. The van der Waals surface area contributed by atoms with E-state index < -0.39 is 23.8 Å². The maximum atomic E-state index is 13.0. The summed E-state index contributed by atoms with van der Waals surface area (Å²) in [6.07, 6.45) is 1.70. The van der Waals surface area contributed by atoms with E-state index in [0.29, 0.717) is 34.5 Å². The highest BCUT2D eigenvalue weighted by atomic mass is 19.4. The number of amides is 1. The number of hydrogen-bond donors (Lipinski definition) is 1. The molecule has 0 bridgehead atoms. The minimum absolute atomic E-state index is 0.195. The standard InChI is InChI=1S/C23H18F3N5O2/c1-13-3-4-18(28-10-13)15-7-16(9-17(8-15)22-27-5-6-33-22)21(32)31-14(2)19-11-30-20(12-29-19)23(24,25)26/h3-12,14H,1-2H3,(H,31,32)/t14-/m1/s1. The van der Waals surface area contributed by atoms with Gasteiger partial charge in [0.2, 0.25) is 5.89 Å². The Morgan fingerprint density at radius 2 is 1.79 bits per heavy atom. The fraction of sp³-hybridized carbons (Fsp3) is 0.174. The summed E-state index contributed by atoms with van der Waals surface area (Å²) in [6, 6.07) is 8.16. The third kappa shape index (κ3) is 5.05. The highest BCUT2D eigenvalue weighted by molar-refractivity contribution is 5.97. The van der Waals surface area contributed by atoms with Crippen LogP contribution >= 0.6 is 0 Å². The molecular weight excluding hydrogens is 435 g/mol. The summed E-state index contributed by atoms with van der Waals surface area (Å²) in [5.41, 5.74) is 2.30. The van der Waals surface area contributed by atoms with Gasteiger partial charge in [-0.15, -0.1) is 0 Å². The first kappa shape index (κ1) is 22.1. The summed E-state index contributed by atoms with van der Waals surface area (Å²) in [5.74, 6) is -0.120. The topological polar surface area (TPSA) is 93.8 Å². The van der Waals surface area contributed by atoms with E-state index >= 15 is 0 Å². The van der Waals surface area contributed by atoms with E-state index in [-0.39, 0.29) is 5.69 Å². The minimum Gasteiger partial charge on any atom is -0.445 e. The van der Waals surface area contributed by atoms with Crippen molar-refractivity contribution in [1.82, 2.24) is 25.3 Å². The summed E-state index contributed by atoms with van der Waals surface area (Å²) in [7, 11) is 0. The van der Waals surface area contributed by atoms with E-state index in [9.17, 15) is 18.0 Å². The lowest BCUT2D eigenvalue weighted by molar-refractivity contribution is -0.141. The van der Waals surface area contributed by atoms with Crippen molar-refractivity contribution in [3.8, 4) is 22.7 Å². The van der Waals surface area contributed by atoms with Gasteiger partial charge in [-0.2, -0.15) is 13.2 Å². The largest absolute Gasteiger partial charge is 0.445 e. The molecule has 0 aliphatic rings. The van der Waals surface area contributed by atoms with Gasteiger partial charge < -0.3 is 9.73 Å². The van der Waals surface area contributed by atoms with Crippen molar-refractivity contribution in [1.29, 1.82) is 0 Å². The third-order valence-electron chi connectivity index (χ3n) is 4.84. The first-order chi connectivity index (χ1) is 15.7. The molecule has 0 aliphatic carbocycles. The first-order valence-electron chi connectivity index (χ1n) is 9.88. The fourth-order valence-electron chi connectivity index (χ4n) is 3.10. The first-order valence-corrected chi connectivity index (χ1v) is 9.88. The van der Waals surface area contributed by atoms with E-state index in [0.717, 1.165) is 11.8 Å². The Balaban J connectivity index is 1.63. The van der Waals surface area contributed by atoms with Crippen LogP contribution in [0.1, 0.15) is 40.3 Å². The number of pyridine rings is 1. The van der Waals surface area contributed by atoms with Crippen LogP contribution in [0.15, 0.2) is 65.8 Å². The SMILES string of the molecule is Cc1ccc(-c2cc(C(=O)N[C@H](C)c3cnc(C(F)(F)F)cn3)cc(-c3ncco3)c2)nc1. The molecule has 7 nitrogen and oxygen atoms in total. The lowest BCUT2D eigenvalue weighted by Crippen LogP contribution is -2.27. The van der Waals surface area contributed by atoms with Gasteiger partial charge >= 0.3 is 6.18 Å². The predicted molar refractivity (Wildman–Crippen MR) is 113 cm³/mol. The molecule has 1 aromatic carbocycles. The highest BCUT2D eigenvalue weighted by Gasteiger charge is 2.33. The molecule has 3 heterocycles. The Morgan fingerprint density at radius 1 is 1.00 bits per heavy atom. The van der Waals surface area contributed by atoms with Crippen LogP contribution in [0.5, 0.6) is 0 Å². The van der Waals surface area contributed by atoms with Crippen LogP contribution in [0.2, 0.25) is 0 Å². The monoisotopic (exact) mass is 453 g/mol. The van der Waals surface area contributed by atoms with Gasteiger partial charge in [0.1, 0.15) is 6.26 Å². The molecular formula is C23H18F3N5O2. The average molecular weight is 453 g/mol. The van der Waals surface area contributed by atoms with Crippen molar-refractivity contribution in [2.45, 2.75) is 26.1 Å². The highest BCUT2D eigenvalue weighted by Crippen LogP contribution is 2.28. The third-order valence-corrected chi connectivity index (χ3v) is 4.84. The molecule has 10 heteroatoms. The van der Waals surface area contributed by atoms with Crippen LogP contribution < -0.4 is 5.32 Å². The van der Waals surface area contributed by atoms with Crippen molar-refractivity contribution in [3.05, 3.63) is 83.9 Å². The Labute approximate surface area is 186 Å². The van der Waals surface area contributed by atoms with E-state index in [1.165, 1.54) is 12.5 Å². The Bertz CT molecular complexity index is 1260. The lowest BCUT2D eigenvalue weighted by Gasteiger charge is -2.15. The van der Waals surface area contributed by atoms with Crippen molar-refractivity contribution in [3.63, 3.8) is 0 Å². The molecule has 0 unspecified atom stereocenters. The molecule has 168 valence electrons. The Hall–Kier alpha value is -4.08. The number of nitrogens with zero attached hydrogens (tertiary/aromatic N) is 4. The van der Waals surface area contributed by atoms with Crippen LogP contribution in [0.25, 0.3) is 22.7 Å². The van der Waals surface area contributed by atoms with Gasteiger partial charge in [0, 0.05) is 22.9 Å². The van der Waals surface area contributed by atoms with Crippen molar-refractivity contribution >= 4 is 5.91 Å². The quantitative estimate of drug-likeness (QED) is 0.457. The number of hydrogen-bond acceptors (Lipinski definition) is 6. The number of halogens is 3. The summed E-state index contributed by atoms with van der Waals surface area (Å²) >= 11 is 0. The molecule has 4 aromatic rings. The molecule has 1 amide bonds. The Morgan fingerprint density at radius 3 is 2.39 bits per heavy atom. The summed E-state index contributed by atoms with van der Waals surface area (Å²) in [4.78, 5) is 28.7. The molecule has 4 rings (SSSR count). The zero-order valence-electron chi connectivity index (χ0n) is 17.6. The van der Waals surface area contributed by atoms with Crippen molar-refractivity contribution in [2.75, 3.05) is 0 Å². The van der Waals surface area contributed by atoms with Crippen LogP contribution in [0.4, 0.5) is 13.2 Å². The smallest absolute Gasteiger partial charge is 0.434 e. The number of oxazole rings is 1. The number of nitrogens with one attached hydrogen (secondary N) is 1. The zero-order chi connectivity index (χ0) is 23.6. The number of carbonyl (C=O) groups is 1. The molecule has 0 spiro atoms. The maximum Gasteiger partial charge on any atom is 0.434 e. The molecule has 1 N–H and O–H groups in total. The molecule has 0 aliphatic heterocycles. The molecule has 0 radical (unpaired) electrons. The molecule has 0 saturated carbocycles. The van der Waals surface area contributed by atoms with Gasteiger partial charge in [-0.05, 0) is 43.7 Å². The zero-order valence-corrected chi connectivity index (χ0v) is 17.6. The Kier molecular flexibility index (Phi) is 5.91. The van der Waals surface area contributed by atoms with Crippen molar-refractivity contribution < 1.29 is 22.4 Å². The maximum absolute atomic E-state index is 13.0. The van der Waals surface area contributed by atoms with Gasteiger partial charge in [0.05, 0.1) is 36.0 Å². The van der Waals surface area contributed by atoms with Crippen LogP contribution in [-0.4, -0.2) is 25.8 Å². The normalized spacial score (nSPS) is 12.4. The minimum atomic E-state index is -4.58. The summed E-state index contributed by atoms with van der Waals surface area (Å²) in [6.45, 7) is 3.53. The lowest BCUT2D eigenvalue weighted by atomic mass is 10.0. The van der Waals surface area contributed by atoms with E-state index in [2.05, 4.69) is 25.3 Å². The number of aromatic nitrogens is 4. The van der Waals surface area contributed by atoms with Gasteiger partial charge in [-0.1, -0.05) is 6.07 Å². The van der Waals surface area contributed by atoms with Crippen LogP contribution in [0.3, 0.4) is 0 Å². The summed E-state index contributed by atoms with van der Waals surface area (Å²) < 4.78 is 43.5. The van der Waals surface area contributed by atoms with Crippen LogP contribution in [-0.2, 0) is 6.18 Å². The molecule has 33 heavy (non-hydrogen) atoms. The molecule has 0 saturated heterocycles. The van der Waals surface area contributed by atoms with E-state index in [1.807, 2.05) is 25.1 Å². The predicted octanol–water partition coefficient (Wildman–Crippen LogP) is 5.01. The molecule has 1 atom stereocenters. The summed E-state index contributed by atoms with van der Waals surface area (Å²) in [5, 5.41) is 2.74.